The number of carbonyl (C=O) groups is 3. The lowest BCUT2D eigenvalue weighted by Crippen LogP contribution is -2.52. The molecule has 0 unspecified atom stereocenters. The lowest BCUT2D eigenvalue weighted by Gasteiger charge is -2.34. The number of para-hydroxylation sites is 1. The Balaban J connectivity index is 1.51. The summed E-state index contributed by atoms with van der Waals surface area (Å²) in [5.74, 6) is -0.0815. The van der Waals surface area contributed by atoms with E-state index in [1.165, 1.54) is 4.90 Å². The first-order valence-corrected chi connectivity index (χ1v) is 12.1. The summed E-state index contributed by atoms with van der Waals surface area (Å²) in [5, 5.41) is 2.93. The zero-order chi connectivity index (χ0) is 25.8. The van der Waals surface area contributed by atoms with Gasteiger partial charge in [0.2, 0.25) is 5.91 Å². The number of rotatable bonds is 4. The van der Waals surface area contributed by atoms with Gasteiger partial charge in [-0.3, -0.25) is 24.1 Å². The van der Waals surface area contributed by atoms with E-state index in [9.17, 15) is 14.4 Å². The van der Waals surface area contributed by atoms with Crippen LogP contribution in [0.4, 0.5) is 5.69 Å². The van der Waals surface area contributed by atoms with Crippen LogP contribution in [0.2, 0.25) is 0 Å². The van der Waals surface area contributed by atoms with E-state index in [-0.39, 0.29) is 42.6 Å². The normalized spacial score (nSPS) is 23.4. The van der Waals surface area contributed by atoms with Gasteiger partial charge in [0, 0.05) is 23.4 Å². The van der Waals surface area contributed by atoms with Crippen molar-refractivity contribution < 1.29 is 19.1 Å². The number of carbonyl (C=O) groups excluding carboxylic acids is 3. The Labute approximate surface area is 211 Å². The highest BCUT2D eigenvalue weighted by Crippen LogP contribution is 2.47. The van der Waals surface area contributed by atoms with Gasteiger partial charge in [0.1, 0.15) is 17.2 Å². The highest BCUT2D eigenvalue weighted by molar-refractivity contribution is 6.07. The molecule has 36 heavy (non-hydrogen) atoms. The average Bonchev–Trinajstić information content (AvgIpc) is 3.49. The molecule has 186 valence electrons. The average molecular weight is 487 g/mol. The van der Waals surface area contributed by atoms with Crippen LogP contribution in [0.15, 0.2) is 42.5 Å². The fraction of sp³-hybridized carbons (Fsp3) is 0.429. The standard InChI is InChI=1S/C28H30N4O4/c1-27(2,3)13-21(31-15-18-17(24(31)33)9-8-12-22(18)36-5)25(34)32-16-28(14-23(32)29-4)19-10-6-7-11-20(19)30-26(28)35/h6-12,21,23H,13-16H2,1-3,5H3,(H,30,35)/t21-,23-,28-/m0/s1. The monoisotopic (exact) mass is 486 g/mol. The van der Waals surface area contributed by atoms with Crippen molar-refractivity contribution in [2.45, 2.75) is 57.8 Å². The largest absolute Gasteiger partial charge is 0.496 e. The number of amides is 3. The van der Waals surface area contributed by atoms with Crippen LogP contribution >= 0.6 is 0 Å². The third-order valence-electron chi connectivity index (χ3n) is 7.53. The second kappa shape index (κ2) is 8.37. The number of nitrogens with zero attached hydrogens (tertiary/aromatic N) is 3. The maximum absolute atomic E-state index is 14.2. The Kier molecular flexibility index (Phi) is 5.55. The van der Waals surface area contributed by atoms with E-state index >= 15 is 0 Å². The van der Waals surface area contributed by atoms with Crippen molar-refractivity contribution in [3.05, 3.63) is 70.6 Å². The minimum atomic E-state index is -0.963. The first-order chi connectivity index (χ1) is 17.1. The molecule has 3 heterocycles. The Morgan fingerprint density at radius 3 is 2.67 bits per heavy atom. The Morgan fingerprint density at radius 2 is 1.97 bits per heavy atom. The van der Waals surface area contributed by atoms with E-state index < -0.39 is 17.6 Å². The van der Waals surface area contributed by atoms with Gasteiger partial charge in [0.05, 0.1) is 20.1 Å². The predicted molar refractivity (Wildman–Crippen MR) is 134 cm³/mol. The third-order valence-corrected chi connectivity index (χ3v) is 7.53. The summed E-state index contributed by atoms with van der Waals surface area (Å²) in [6, 6.07) is 12.0. The summed E-state index contributed by atoms with van der Waals surface area (Å²) in [7, 11) is 1.56. The SMILES string of the molecule is [C-]#[N+][C@@H]1C[C@@]2(CN1C(=O)[C@H](CC(C)(C)C)N1Cc3c(OC)cccc3C1=O)C(=O)Nc1ccccc12. The molecule has 1 saturated heterocycles. The number of methoxy groups -OCH3 is 1. The predicted octanol–water partition coefficient (Wildman–Crippen LogP) is 3.82. The molecule has 2 aromatic carbocycles. The Hall–Kier alpha value is -3.86. The summed E-state index contributed by atoms with van der Waals surface area (Å²) in [4.78, 5) is 47.8. The second-order valence-electron chi connectivity index (χ2n) is 11.1. The van der Waals surface area contributed by atoms with Crippen molar-refractivity contribution in [2.24, 2.45) is 5.41 Å². The first kappa shape index (κ1) is 23.9. The molecular formula is C28H30N4O4. The van der Waals surface area contributed by atoms with E-state index in [4.69, 9.17) is 11.3 Å². The molecule has 2 aromatic rings. The molecule has 8 heteroatoms. The molecule has 1 fully saturated rings. The fourth-order valence-corrected chi connectivity index (χ4v) is 5.83. The van der Waals surface area contributed by atoms with Gasteiger partial charge >= 0.3 is 6.17 Å². The first-order valence-electron chi connectivity index (χ1n) is 12.1. The minimum absolute atomic E-state index is 0.112. The zero-order valence-corrected chi connectivity index (χ0v) is 21.0. The van der Waals surface area contributed by atoms with Crippen LogP contribution < -0.4 is 10.1 Å². The van der Waals surface area contributed by atoms with Crippen LogP contribution in [0.3, 0.4) is 0 Å². The van der Waals surface area contributed by atoms with Crippen molar-refractivity contribution in [1.29, 1.82) is 0 Å². The van der Waals surface area contributed by atoms with E-state index in [2.05, 4.69) is 10.2 Å². The molecule has 0 aliphatic carbocycles. The number of hydrogen-bond donors (Lipinski definition) is 1. The van der Waals surface area contributed by atoms with Gasteiger partial charge in [-0.25, -0.2) is 6.57 Å². The minimum Gasteiger partial charge on any atom is -0.496 e. The molecule has 0 saturated carbocycles. The topological polar surface area (TPSA) is 83.3 Å². The maximum Gasteiger partial charge on any atom is 0.302 e. The number of anilines is 1. The van der Waals surface area contributed by atoms with Crippen LogP contribution in [0.1, 0.15) is 55.1 Å². The molecule has 3 atom stereocenters. The highest BCUT2D eigenvalue weighted by Gasteiger charge is 2.59. The van der Waals surface area contributed by atoms with Crippen molar-refractivity contribution in [3.63, 3.8) is 0 Å². The van der Waals surface area contributed by atoms with Crippen molar-refractivity contribution in [3.8, 4) is 5.75 Å². The maximum atomic E-state index is 14.2. The smallest absolute Gasteiger partial charge is 0.302 e. The molecule has 0 radical (unpaired) electrons. The van der Waals surface area contributed by atoms with Gasteiger partial charge in [-0.2, -0.15) is 0 Å². The van der Waals surface area contributed by atoms with Gasteiger partial charge in [-0.05, 0) is 35.6 Å². The van der Waals surface area contributed by atoms with Gasteiger partial charge in [0.25, 0.3) is 11.8 Å². The number of hydrogen-bond acceptors (Lipinski definition) is 4. The van der Waals surface area contributed by atoms with E-state index in [1.54, 1.807) is 24.1 Å². The molecule has 8 nitrogen and oxygen atoms in total. The molecule has 0 aromatic heterocycles. The summed E-state index contributed by atoms with van der Waals surface area (Å²) >= 11 is 0. The van der Waals surface area contributed by atoms with E-state index in [0.717, 1.165) is 16.8 Å². The quantitative estimate of drug-likeness (QED) is 0.666. The van der Waals surface area contributed by atoms with Gasteiger partial charge in [-0.1, -0.05) is 45.0 Å². The number of fused-ring (bicyclic) bond motifs is 3. The van der Waals surface area contributed by atoms with Gasteiger partial charge in [0.15, 0.2) is 0 Å². The molecule has 0 bridgehead atoms. The summed E-state index contributed by atoms with van der Waals surface area (Å²) in [6.07, 6.45) is -0.133. The van der Waals surface area contributed by atoms with Crippen LogP contribution in [0, 0.1) is 12.0 Å². The van der Waals surface area contributed by atoms with Crippen LogP contribution in [-0.2, 0) is 21.5 Å². The number of benzene rings is 2. The number of nitrogens with one attached hydrogen (secondary N) is 1. The fourth-order valence-electron chi connectivity index (χ4n) is 5.83. The van der Waals surface area contributed by atoms with Gasteiger partial charge in [-0.15, -0.1) is 0 Å². The van der Waals surface area contributed by atoms with E-state index in [0.29, 0.717) is 17.7 Å². The van der Waals surface area contributed by atoms with Crippen molar-refractivity contribution in [1.82, 2.24) is 9.80 Å². The zero-order valence-electron chi connectivity index (χ0n) is 21.0. The van der Waals surface area contributed by atoms with Crippen molar-refractivity contribution >= 4 is 23.4 Å². The lowest BCUT2D eigenvalue weighted by molar-refractivity contribution is -0.137. The lowest BCUT2D eigenvalue weighted by atomic mass is 9.80. The summed E-state index contributed by atoms with van der Waals surface area (Å²) in [6.45, 7) is 14.3. The van der Waals surface area contributed by atoms with Gasteiger partial charge < -0.3 is 15.0 Å². The van der Waals surface area contributed by atoms with E-state index in [1.807, 2.05) is 51.1 Å². The molecule has 1 spiro atoms. The molecule has 3 aliphatic heterocycles. The van der Waals surface area contributed by atoms with Crippen LogP contribution in [-0.4, -0.2) is 53.4 Å². The molecular weight excluding hydrogens is 456 g/mol. The highest BCUT2D eigenvalue weighted by atomic mass is 16.5. The molecule has 5 rings (SSSR count). The summed E-state index contributed by atoms with van der Waals surface area (Å²) in [5.41, 5.74) is 1.62. The second-order valence-corrected chi connectivity index (χ2v) is 11.1. The summed E-state index contributed by atoms with van der Waals surface area (Å²) < 4.78 is 5.48. The van der Waals surface area contributed by atoms with Crippen LogP contribution in [0.5, 0.6) is 5.75 Å². The third kappa shape index (κ3) is 3.62. The molecule has 1 N–H and O–H groups in total. The number of ether oxygens (including phenoxy) is 1. The number of likely N-dealkylation sites (tertiary alicyclic amines) is 1. The Morgan fingerprint density at radius 1 is 1.22 bits per heavy atom. The molecule has 3 aliphatic rings. The van der Waals surface area contributed by atoms with Crippen LogP contribution in [0.25, 0.3) is 4.85 Å². The van der Waals surface area contributed by atoms with Crippen molar-refractivity contribution in [2.75, 3.05) is 19.0 Å². The molecule has 3 amide bonds. The Bertz CT molecular complexity index is 1310.